The molecular weight excluding hydrogens is 344 g/mol. The van der Waals surface area contributed by atoms with Crippen LogP contribution in [-0.2, 0) is 4.79 Å². The van der Waals surface area contributed by atoms with Gasteiger partial charge in [-0.05, 0) is 38.5 Å². The topological polar surface area (TPSA) is 78.3 Å². The Labute approximate surface area is 158 Å². The third kappa shape index (κ3) is 4.55. The molecule has 0 spiro atoms. The molecule has 0 saturated carbocycles. The number of hydrogen-bond acceptors (Lipinski definition) is 5. The van der Waals surface area contributed by atoms with Crippen molar-refractivity contribution in [2.24, 2.45) is 0 Å². The first kappa shape index (κ1) is 18.7. The van der Waals surface area contributed by atoms with E-state index in [9.17, 15) is 4.79 Å². The summed E-state index contributed by atoms with van der Waals surface area (Å²) in [5.41, 5.74) is 1.40. The minimum atomic E-state index is -0.266. The van der Waals surface area contributed by atoms with Crippen molar-refractivity contribution in [2.75, 3.05) is 18.5 Å². The Balaban J connectivity index is 1.62. The highest BCUT2D eigenvalue weighted by molar-refractivity contribution is 5.93. The first-order chi connectivity index (χ1) is 13.1. The molecule has 3 aromatic rings. The van der Waals surface area contributed by atoms with Crippen molar-refractivity contribution in [1.82, 2.24) is 14.8 Å². The molecule has 0 aliphatic heterocycles. The lowest BCUT2D eigenvalue weighted by Crippen LogP contribution is -2.20. The summed E-state index contributed by atoms with van der Waals surface area (Å²) in [6.45, 7) is 6.61. The molecule has 27 heavy (non-hydrogen) atoms. The average molecular weight is 368 g/mol. The number of amides is 1. The van der Waals surface area contributed by atoms with Gasteiger partial charge >= 0.3 is 0 Å². The molecule has 0 aliphatic carbocycles. The first-order valence-corrected chi connectivity index (χ1v) is 9.06. The third-order valence-electron chi connectivity index (χ3n) is 3.88. The molecule has 0 unspecified atom stereocenters. The van der Waals surface area contributed by atoms with E-state index in [1.54, 1.807) is 18.5 Å². The Hall–Kier alpha value is -3.09. The summed E-state index contributed by atoms with van der Waals surface area (Å²) in [7, 11) is 0. The van der Waals surface area contributed by atoms with Crippen LogP contribution < -0.4 is 14.8 Å². The maximum absolute atomic E-state index is 12.2. The Kier molecular flexibility index (Phi) is 5.90. The van der Waals surface area contributed by atoms with E-state index in [1.165, 1.54) is 0 Å². The zero-order valence-electron chi connectivity index (χ0n) is 15.8. The van der Waals surface area contributed by atoms with Crippen LogP contribution in [0.2, 0.25) is 0 Å². The van der Waals surface area contributed by atoms with Gasteiger partial charge in [0.1, 0.15) is 0 Å². The van der Waals surface area contributed by atoms with Gasteiger partial charge in [-0.1, -0.05) is 19.1 Å². The minimum absolute atomic E-state index is 0.115. The van der Waals surface area contributed by atoms with Crippen molar-refractivity contribution >= 4 is 22.6 Å². The number of nitrogens with zero attached hydrogens (tertiary/aromatic N) is 3. The highest BCUT2D eigenvalue weighted by Gasteiger charge is 2.11. The number of hydrogen-bond donors (Lipinski definition) is 1. The number of aromatic nitrogens is 3. The molecule has 0 bridgehead atoms. The number of anilines is 1. The van der Waals surface area contributed by atoms with E-state index < -0.39 is 0 Å². The van der Waals surface area contributed by atoms with Gasteiger partial charge in [0.15, 0.2) is 23.8 Å². The number of carbonyl (C=O) groups excluding carboxylic acids is 1. The fraction of sp³-hybridized carbons (Fsp3) is 0.350. The number of fused-ring (bicyclic) bond motifs is 1. The largest absolute Gasteiger partial charge is 0.490 e. The van der Waals surface area contributed by atoms with Crippen LogP contribution in [0.3, 0.4) is 0 Å². The minimum Gasteiger partial charge on any atom is -0.490 e. The molecule has 0 saturated heterocycles. The summed E-state index contributed by atoms with van der Waals surface area (Å²) in [6, 6.07) is 9.40. The molecule has 1 aromatic carbocycles. The van der Waals surface area contributed by atoms with Crippen molar-refractivity contribution in [1.29, 1.82) is 0 Å². The molecule has 0 fully saturated rings. The number of carbonyl (C=O) groups is 1. The SMILES string of the molecule is CCCOc1ccccc1OCC(=O)Nc1cnc2c(cnn2C(C)C)c1. The molecule has 1 N–H and O–H groups in total. The average Bonchev–Trinajstić information content (AvgIpc) is 3.09. The Morgan fingerprint density at radius 2 is 1.93 bits per heavy atom. The van der Waals surface area contributed by atoms with Gasteiger partial charge < -0.3 is 14.8 Å². The van der Waals surface area contributed by atoms with E-state index in [0.717, 1.165) is 17.5 Å². The number of ether oxygens (including phenoxy) is 2. The molecule has 7 nitrogen and oxygen atoms in total. The molecular formula is C20H24N4O3. The molecule has 7 heteroatoms. The van der Waals surface area contributed by atoms with Gasteiger partial charge in [0.2, 0.25) is 0 Å². The van der Waals surface area contributed by atoms with Crippen molar-refractivity contribution in [3.63, 3.8) is 0 Å². The second kappa shape index (κ2) is 8.53. The quantitative estimate of drug-likeness (QED) is 0.654. The van der Waals surface area contributed by atoms with Gasteiger partial charge in [-0.25, -0.2) is 9.67 Å². The highest BCUT2D eigenvalue weighted by atomic mass is 16.5. The molecule has 0 atom stereocenters. The van der Waals surface area contributed by atoms with Crippen LogP contribution in [0.5, 0.6) is 11.5 Å². The van der Waals surface area contributed by atoms with Gasteiger partial charge in [-0.15, -0.1) is 0 Å². The lowest BCUT2D eigenvalue weighted by Gasteiger charge is -2.12. The Morgan fingerprint density at radius 1 is 1.19 bits per heavy atom. The van der Waals surface area contributed by atoms with Crippen LogP contribution in [0.25, 0.3) is 11.0 Å². The second-order valence-corrected chi connectivity index (χ2v) is 6.45. The summed E-state index contributed by atoms with van der Waals surface area (Å²) < 4.78 is 13.1. The maximum atomic E-state index is 12.2. The second-order valence-electron chi connectivity index (χ2n) is 6.45. The number of para-hydroxylation sites is 2. The smallest absolute Gasteiger partial charge is 0.262 e. The van der Waals surface area contributed by atoms with Gasteiger partial charge in [0.25, 0.3) is 5.91 Å². The monoisotopic (exact) mass is 368 g/mol. The molecule has 2 aromatic heterocycles. The molecule has 3 rings (SSSR count). The van der Waals surface area contributed by atoms with Crippen LogP contribution in [0.15, 0.2) is 42.7 Å². The van der Waals surface area contributed by atoms with E-state index in [0.29, 0.717) is 23.8 Å². The molecule has 142 valence electrons. The van der Waals surface area contributed by atoms with Crippen molar-refractivity contribution in [2.45, 2.75) is 33.2 Å². The number of pyridine rings is 1. The summed E-state index contributed by atoms with van der Waals surface area (Å²) in [6.07, 6.45) is 4.27. The Bertz CT molecular complexity index is 920. The summed E-state index contributed by atoms with van der Waals surface area (Å²) in [4.78, 5) is 16.6. The lowest BCUT2D eigenvalue weighted by molar-refractivity contribution is -0.118. The zero-order chi connectivity index (χ0) is 19.2. The van der Waals surface area contributed by atoms with E-state index in [2.05, 4.69) is 15.4 Å². The van der Waals surface area contributed by atoms with Crippen LogP contribution in [0.1, 0.15) is 33.2 Å². The van der Waals surface area contributed by atoms with E-state index in [-0.39, 0.29) is 18.6 Å². The Morgan fingerprint density at radius 3 is 2.63 bits per heavy atom. The lowest BCUT2D eigenvalue weighted by atomic mass is 10.3. The van der Waals surface area contributed by atoms with Gasteiger partial charge in [-0.2, -0.15) is 5.10 Å². The van der Waals surface area contributed by atoms with Crippen molar-refractivity contribution < 1.29 is 14.3 Å². The molecule has 0 radical (unpaired) electrons. The van der Waals surface area contributed by atoms with Crippen LogP contribution in [0, 0.1) is 0 Å². The fourth-order valence-electron chi connectivity index (χ4n) is 2.63. The van der Waals surface area contributed by atoms with Crippen molar-refractivity contribution in [3.05, 3.63) is 42.7 Å². The van der Waals surface area contributed by atoms with Crippen LogP contribution in [0.4, 0.5) is 5.69 Å². The van der Waals surface area contributed by atoms with Crippen LogP contribution in [-0.4, -0.2) is 33.9 Å². The van der Waals surface area contributed by atoms with Crippen molar-refractivity contribution in [3.8, 4) is 11.5 Å². The van der Waals surface area contributed by atoms with E-state index in [1.807, 2.05) is 49.7 Å². The first-order valence-electron chi connectivity index (χ1n) is 9.06. The van der Waals surface area contributed by atoms with Gasteiger partial charge in [0, 0.05) is 11.4 Å². The summed E-state index contributed by atoms with van der Waals surface area (Å²) in [5.74, 6) is 0.918. The van der Waals surface area contributed by atoms with Gasteiger partial charge in [0.05, 0.1) is 24.7 Å². The van der Waals surface area contributed by atoms with Crippen LogP contribution >= 0.6 is 0 Å². The molecule has 1 amide bonds. The highest BCUT2D eigenvalue weighted by Crippen LogP contribution is 2.26. The predicted molar refractivity (Wildman–Crippen MR) is 104 cm³/mol. The van der Waals surface area contributed by atoms with E-state index >= 15 is 0 Å². The standard InChI is InChI=1S/C20H24N4O3/c1-4-9-26-17-7-5-6-8-18(17)27-13-19(25)23-16-10-15-11-22-24(14(2)3)20(15)21-12-16/h5-8,10-12,14H,4,9,13H2,1-3H3,(H,23,25). The molecule has 0 aliphatic rings. The fourth-order valence-corrected chi connectivity index (χ4v) is 2.63. The third-order valence-corrected chi connectivity index (χ3v) is 3.88. The predicted octanol–water partition coefficient (Wildman–Crippen LogP) is 3.82. The number of rotatable bonds is 8. The normalized spacial score (nSPS) is 11.0. The molecule has 2 heterocycles. The van der Waals surface area contributed by atoms with E-state index in [4.69, 9.17) is 9.47 Å². The maximum Gasteiger partial charge on any atom is 0.262 e. The zero-order valence-corrected chi connectivity index (χ0v) is 15.8. The number of nitrogens with one attached hydrogen (secondary N) is 1. The summed E-state index contributed by atoms with van der Waals surface area (Å²) in [5, 5.41) is 8.00. The van der Waals surface area contributed by atoms with Gasteiger partial charge in [-0.3, -0.25) is 4.79 Å². The summed E-state index contributed by atoms with van der Waals surface area (Å²) >= 11 is 0. The number of benzene rings is 1.